The summed E-state index contributed by atoms with van der Waals surface area (Å²) in [5, 5.41) is 1.36. The first-order valence-corrected chi connectivity index (χ1v) is 14.2. The lowest BCUT2D eigenvalue weighted by Crippen LogP contribution is -2.41. The highest BCUT2D eigenvalue weighted by Crippen LogP contribution is 2.11. The van der Waals surface area contributed by atoms with E-state index in [0.717, 1.165) is 5.56 Å². The first-order valence-electron chi connectivity index (χ1n) is 9.97. The van der Waals surface area contributed by atoms with Crippen LogP contribution >= 0.6 is 0 Å². The van der Waals surface area contributed by atoms with Crippen molar-refractivity contribution in [3.05, 3.63) is 83.7 Å². The third-order valence-corrected chi connectivity index (χ3v) is 8.82. The first-order chi connectivity index (χ1) is 13.7. The van der Waals surface area contributed by atoms with Crippen molar-refractivity contribution in [3.63, 3.8) is 0 Å². The predicted molar refractivity (Wildman–Crippen MR) is 127 cm³/mol. The summed E-state index contributed by atoms with van der Waals surface area (Å²) >= 11 is 0. The molecule has 0 aliphatic rings. The fourth-order valence-electron chi connectivity index (χ4n) is 2.63. The van der Waals surface area contributed by atoms with Crippen LogP contribution in [0.5, 0.6) is 0 Å². The summed E-state index contributed by atoms with van der Waals surface area (Å²) in [6.45, 7) is 11.4. The molecule has 0 bridgehead atoms. The summed E-state index contributed by atoms with van der Waals surface area (Å²) in [6, 6.07) is 20.5. The molecule has 2 aromatic carbocycles. The van der Waals surface area contributed by atoms with Crippen molar-refractivity contribution in [2.45, 2.75) is 51.3 Å². The van der Waals surface area contributed by atoms with E-state index in [4.69, 9.17) is 4.74 Å². The molecule has 0 aromatic heterocycles. The second-order valence-corrected chi connectivity index (χ2v) is 15.0. The van der Waals surface area contributed by atoms with E-state index in [-0.39, 0.29) is 10.8 Å². The Bertz CT molecular complexity index is 838. The number of ether oxygens (including phenoxy) is 1. The minimum absolute atomic E-state index is 0.171. The summed E-state index contributed by atoms with van der Waals surface area (Å²) in [6.07, 6.45) is 1.95. The van der Waals surface area contributed by atoms with Crippen LogP contribution in [0.15, 0.2) is 78.2 Å². The molecule has 0 radical (unpaired) electrons. The molecule has 0 spiro atoms. The average molecular weight is 428 g/mol. The van der Waals surface area contributed by atoms with Crippen molar-refractivity contribution in [2.75, 3.05) is 6.61 Å². The summed E-state index contributed by atoms with van der Waals surface area (Å²) in [4.78, 5) is 0. The molecular formula is C24H33NO2SSi. The van der Waals surface area contributed by atoms with Crippen LogP contribution in [0.4, 0.5) is 0 Å². The van der Waals surface area contributed by atoms with Crippen LogP contribution in [0, 0.1) is 0 Å². The number of hydrogen-bond donors (Lipinski definition) is 1. The summed E-state index contributed by atoms with van der Waals surface area (Å²) in [5.74, 6) is 0. The summed E-state index contributed by atoms with van der Waals surface area (Å²) < 4.78 is 21.3. The van der Waals surface area contributed by atoms with E-state index < -0.39 is 19.1 Å². The van der Waals surface area contributed by atoms with Gasteiger partial charge in [-0.3, -0.25) is 0 Å². The van der Waals surface area contributed by atoms with Crippen molar-refractivity contribution < 1.29 is 8.95 Å². The normalized spacial score (nSPS) is 14.0. The van der Waals surface area contributed by atoms with Gasteiger partial charge in [0, 0.05) is 0 Å². The van der Waals surface area contributed by atoms with Gasteiger partial charge in [-0.2, -0.15) is 0 Å². The van der Waals surface area contributed by atoms with Crippen LogP contribution < -0.4 is 9.91 Å². The maximum absolute atomic E-state index is 12.6. The van der Waals surface area contributed by atoms with Crippen molar-refractivity contribution in [1.82, 2.24) is 4.72 Å². The van der Waals surface area contributed by atoms with E-state index in [1.54, 1.807) is 0 Å². The van der Waals surface area contributed by atoms with Crippen molar-refractivity contribution in [3.8, 4) is 0 Å². The van der Waals surface area contributed by atoms with Gasteiger partial charge in [0.15, 0.2) is 0 Å². The first kappa shape index (κ1) is 23.5. The Morgan fingerprint density at radius 3 is 2.24 bits per heavy atom. The van der Waals surface area contributed by atoms with E-state index >= 15 is 0 Å². The number of rotatable bonds is 9. The van der Waals surface area contributed by atoms with Crippen LogP contribution in [0.1, 0.15) is 26.3 Å². The summed E-state index contributed by atoms with van der Waals surface area (Å²) in [5.41, 5.74) is 6.68. The Hall–Kier alpha value is -1.75. The minimum Gasteiger partial charge on any atom is -0.375 e. The molecule has 0 amide bonds. The van der Waals surface area contributed by atoms with Crippen molar-refractivity contribution in [2.24, 2.45) is 0 Å². The fourth-order valence-corrected chi connectivity index (χ4v) is 5.13. The molecule has 2 atom stereocenters. The molecule has 0 saturated carbocycles. The zero-order chi connectivity index (χ0) is 21.3. The Morgan fingerprint density at radius 1 is 1.07 bits per heavy atom. The lowest BCUT2D eigenvalue weighted by atomic mass is 10.2. The number of benzene rings is 2. The SMILES string of the molecule is CC(C)(C)S(=O)N[C@H](C=C=C[Si](C)(C)c1ccccc1)COCc1ccccc1. The molecule has 0 fully saturated rings. The zero-order valence-electron chi connectivity index (χ0n) is 18.1. The van der Waals surface area contributed by atoms with Gasteiger partial charge in [0.05, 0.1) is 35.0 Å². The molecule has 156 valence electrons. The van der Waals surface area contributed by atoms with Crippen LogP contribution in [-0.2, 0) is 22.3 Å². The number of hydrogen-bond acceptors (Lipinski definition) is 2. The van der Waals surface area contributed by atoms with Gasteiger partial charge in [0.25, 0.3) is 0 Å². The Balaban J connectivity index is 2.08. The third-order valence-electron chi connectivity index (χ3n) is 4.48. The van der Waals surface area contributed by atoms with Gasteiger partial charge >= 0.3 is 0 Å². The molecule has 1 N–H and O–H groups in total. The standard InChI is InChI=1S/C24H33NO2SSi/c1-24(2,3)28(26)25-22(20-27-19-21-13-8-6-9-14-21)15-12-18-29(4,5)23-16-10-7-11-17-23/h6-11,13-18,22,25H,19-20H2,1-5H3/t12?,22-,28?/m1/s1. The van der Waals surface area contributed by atoms with Crippen LogP contribution in [0.25, 0.3) is 0 Å². The lowest BCUT2D eigenvalue weighted by molar-refractivity contribution is 0.113. The molecule has 0 aliphatic heterocycles. The molecule has 29 heavy (non-hydrogen) atoms. The van der Waals surface area contributed by atoms with Gasteiger partial charge in [-0.25, -0.2) is 8.93 Å². The lowest BCUT2D eigenvalue weighted by Gasteiger charge is -2.22. The molecule has 0 aliphatic carbocycles. The van der Waals surface area contributed by atoms with E-state index in [0.29, 0.717) is 13.2 Å². The maximum Gasteiger partial charge on any atom is 0.112 e. The predicted octanol–water partition coefficient (Wildman–Crippen LogP) is 4.49. The largest absolute Gasteiger partial charge is 0.375 e. The smallest absolute Gasteiger partial charge is 0.112 e. The molecule has 0 saturated heterocycles. The van der Waals surface area contributed by atoms with Gasteiger partial charge in [-0.1, -0.05) is 78.9 Å². The third kappa shape index (κ3) is 8.25. The van der Waals surface area contributed by atoms with Gasteiger partial charge in [-0.05, 0) is 38.1 Å². The quantitative estimate of drug-likeness (QED) is 0.473. The van der Waals surface area contributed by atoms with Gasteiger partial charge in [0.1, 0.15) is 8.07 Å². The van der Waals surface area contributed by atoms with Crippen molar-refractivity contribution in [1.29, 1.82) is 0 Å². The highest BCUT2D eigenvalue weighted by atomic mass is 32.2. The van der Waals surface area contributed by atoms with E-state index in [1.165, 1.54) is 5.19 Å². The molecular weight excluding hydrogens is 394 g/mol. The molecule has 5 heteroatoms. The van der Waals surface area contributed by atoms with Gasteiger partial charge < -0.3 is 4.74 Å². The molecule has 2 rings (SSSR count). The minimum atomic E-state index is -1.72. The Labute approximate surface area is 179 Å². The van der Waals surface area contributed by atoms with E-state index in [9.17, 15) is 4.21 Å². The topological polar surface area (TPSA) is 38.3 Å². The second kappa shape index (κ2) is 10.9. The Morgan fingerprint density at radius 2 is 1.66 bits per heavy atom. The number of nitrogens with one attached hydrogen (secondary N) is 1. The maximum atomic E-state index is 12.6. The highest BCUT2D eigenvalue weighted by Gasteiger charge is 2.22. The molecule has 0 heterocycles. The van der Waals surface area contributed by atoms with Crippen molar-refractivity contribution >= 4 is 24.2 Å². The van der Waals surface area contributed by atoms with Crippen LogP contribution in [-0.4, -0.2) is 29.7 Å². The average Bonchev–Trinajstić information content (AvgIpc) is 2.68. The van der Waals surface area contributed by atoms with E-state index in [1.807, 2.05) is 63.2 Å². The van der Waals surface area contributed by atoms with Gasteiger partial charge in [0.2, 0.25) is 0 Å². The highest BCUT2D eigenvalue weighted by molar-refractivity contribution is 7.84. The molecule has 3 nitrogen and oxygen atoms in total. The van der Waals surface area contributed by atoms with Gasteiger partial charge in [-0.15, -0.1) is 5.73 Å². The van der Waals surface area contributed by atoms with Crippen LogP contribution in [0.2, 0.25) is 13.1 Å². The fraction of sp³-hybridized carbons (Fsp3) is 0.375. The summed E-state index contributed by atoms with van der Waals surface area (Å²) in [7, 11) is -2.90. The molecule has 1 unspecified atom stereocenters. The second-order valence-electron chi connectivity index (χ2n) is 8.67. The Kier molecular flexibility index (Phi) is 8.81. The monoisotopic (exact) mass is 427 g/mol. The van der Waals surface area contributed by atoms with E-state index in [2.05, 4.69) is 53.5 Å². The molecule has 2 aromatic rings. The zero-order valence-corrected chi connectivity index (χ0v) is 20.0. The van der Waals surface area contributed by atoms with Crippen LogP contribution in [0.3, 0.4) is 0 Å².